The third-order valence-corrected chi connectivity index (χ3v) is 7.90. The Balaban J connectivity index is 2.02. The summed E-state index contributed by atoms with van der Waals surface area (Å²) < 4.78 is 5.16. The molecule has 1 saturated carbocycles. The fourth-order valence-corrected chi connectivity index (χ4v) is 5.31. The molecule has 3 atom stereocenters. The van der Waals surface area contributed by atoms with E-state index in [0.717, 1.165) is 49.8 Å². The van der Waals surface area contributed by atoms with Crippen molar-refractivity contribution in [2.75, 3.05) is 19.4 Å². The Morgan fingerprint density at radius 2 is 1.49 bits per heavy atom. The molecule has 11 nitrogen and oxygen atoms in total. The summed E-state index contributed by atoms with van der Waals surface area (Å²) >= 11 is 4.25. The highest BCUT2D eigenvalue weighted by Gasteiger charge is 2.31. The quantitative estimate of drug-likeness (QED) is 0.115. The van der Waals surface area contributed by atoms with Crippen LogP contribution in [-0.2, 0) is 30.4 Å². The highest BCUT2D eigenvalue weighted by atomic mass is 32.1. The van der Waals surface area contributed by atoms with Crippen molar-refractivity contribution in [1.29, 1.82) is 0 Å². The molecule has 1 aliphatic rings. The van der Waals surface area contributed by atoms with E-state index < -0.39 is 41.8 Å². The van der Waals surface area contributed by atoms with E-state index in [1.54, 1.807) is 7.11 Å². The van der Waals surface area contributed by atoms with E-state index in [4.69, 9.17) is 4.74 Å². The molecule has 1 aromatic rings. The van der Waals surface area contributed by atoms with Gasteiger partial charge in [0.25, 0.3) is 0 Å². The second kappa shape index (κ2) is 19.1. The van der Waals surface area contributed by atoms with Crippen LogP contribution in [0.1, 0.15) is 77.2 Å². The van der Waals surface area contributed by atoms with E-state index in [2.05, 4.69) is 33.9 Å². The molecule has 12 heteroatoms. The van der Waals surface area contributed by atoms with Crippen molar-refractivity contribution in [3.05, 3.63) is 29.8 Å². The number of hydrogen-bond donors (Lipinski definition) is 6. The van der Waals surface area contributed by atoms with E-state index >= 15 is 0 Å². The van der Waals surface area contributed by atoms with Gasteiger partial charge in [0.15, 0.2) is 0 Å². The van der Waals surface area contributed by atoms with Gasteiger partial charge in [-0.05, 0) is 55.7 Å². The number of amides is 4. The maximum absolute atomic E-state index is 13.3. The molecule has 0 bridgehead atoms. The second-order valence-electron chi connectivity index (χ2n) is 11.5. The van der Waals surface area contributed by atoms with Crippen molar-refractivity contribution in [2.45, 2.75) is 96.2 Å². The zero-order valence-electron chi connectivity index (χ0n) is 25.5. The molecule has 1 aromatic carbocycles. The molecule has 2 rings (SSSR count). The van der Waals surface area contributed by atoms with Crippen molar-refractivity contribution >= 4 is 42.2 Å². The van der Waals surface area contributed by atoms with Gasteiger partial charge in [0.05, 0.1) is 7.11 Å². The minimum Gasteiger partial charge on any atom is -0.497 e. The minimum absolute atomic E-state index is 0.0156. The number of aliphatic carboxylic acids is 1. The number of carboxylic acids is 1. The number of carboxylic acid groups (broad SMARTS) is 1. The fourth-order valence-electron chi connectivity index (χ4n) is 5.05. The Labute approximate surface area is 260 Å². The number of ether oxygens (including phenoxy) is 1. The molecule has 0 unspecified atom stereocenters. The zero-order valence-corrected chi connectivity index (χ0v) is 26.4. The van der Waals surface area contributed by atoms with Crippen LogP contribution in [0.2, 0.25) is 0 Å². The predicted molar refractivity (Wildman–Crippen MR) is 167 cm³/mol. The van der Waals surface area contributed by atoms with E-state index in [0.29, 0.717) is 13.0 Å². The lowest BCUT2D eigenvalue weighted by Gasteiger charge is -2.26. The Kier molecular flexibility index (Phi) is 15.9. The molecule has 0 aromatic heterocycles. The molecule has 240 valence electrons. The minimum atomic E-state index is -1.10. The lowest BCUT2D eigenvalue weighted by Crippen LogP contribution is -2.57. The third kappa shape index (κ3) is 13.3. The van der Waals surface area contributed by atoms with Gasteiger partial charge in [-0.15, -0.1) is 0 Å². The predicted octanol–water partition coefficient (Wildman–Crippen LogP) is 2.62. The smallest absolute Gasteiger partial charge is 0.303 e. The lowest BCUT2D eigenvalue weighted by molar-refractivity contribution is -0.138. The number of carbonyl (C=O) groups excluding carboxylic acids is 4. The van der Waals surface area contributed by atoms with E-state index in [-0.39, 0.29) is 42.8 Å². The van der Waals surface area contributed by atoms with Crippen LogP contribution in [0.15, 0.2) is 24.3 Å². The SMILES string of the molecule is COc1ccc(CCNC(=O)[C@H](CS)NC(=O)[C@H](CC(C)C)NC(=O)[C@H](CCC(=O)O)NC(=O)C2CCCCCC2)cc1. The average molecular weight is 621 g/mol. The number of methoxy groups -OCH3 is 1. The number of hydrogen-bond acceptors (Lipinski definition) is 7. The number of benzene rings is 1. The van der Waals surface area contributed by atoms with Gasteiger partial charge in [-0.3, -0.25) is 24.0 Å². The Hall–Kier alpha value is -3.28. The maximum Gasteiger partial charge on any atom is 0.303 e. The molecule has 0 aliphatic heterocycles. The number of nitrogens with one attached hydrogen (secondary N) is 4. The van der Waals surface area contributed by atoms with E-state index in [9.17, 15) is 29.1 Å². The summed E-state index contributed by atoms with van der Waals surface area (Å²) in [5.74, 6) is -2.37. The molecular formula is C31H48N4O7S. The van der Waals surface area contributed by atoms with E-state index in [1.807, 2.05) is 38.1 Å². The van der Waals surface area contributed by atoms with Gasteiger partial charge in [0.1, 0.15) is 23.9 Å². The van der Waals surface area contributed by atoms with Gasteiger partial charge in [0, 0.05) is 24.6 Å². The van der Waals surface area contributed by atoms with Crippen molar-refractivity contribution in [2.24, 2.45) is 11.8 Å². The normalized spacial score (nSPS) is 15.8. The van der Waals surface area contributed by atoms with Gasteiger partial charge in [-0.25, -0.2) is 0 Å². The number of rotatable bonds is 17. The van der Waals surface area contributed by atoms with Crippen LogP contribution in [-0.4, -0.2) is 72.2 Å². The van der Waals surface area contributed by atoms with Crippen molar-refractivity contribution in [3.63, 3.8) is 0 Å². The van der Waals surface area contributed by atoms with Gasteiger partial charge < -0.3 is 31.1 Å². The first kappa shape index (κ1) is 35.9. The molecule has 1 aliphatic carbocycles. The highest BCUT2D eigenvalue weighted by molar-refractivity contribution is 7.80. The summed E-state index contributed by atoms with van der Waals surface area (Å²) in [7, 11) is 1.59. The standard InChI is InChI=1S/C31H48N4O7S/c1-20(2)18-25(31(41)35-26(19-43)29(39)32-17-16-21-10-12-23(42-3)13-11-21)34-30(40)24(14-15-27(36)37)33-28(38)22-8-6-4-5-7-9-22/h10-13,20,22,24-26,43H,4-9,14-19H2,1-3H3,(H,32,39)(H,33,38)(H,34,40)(H,35,41)(H,36,37)/t24-,25-,26-/m0/s1. The summed E-state index contributed by atoms with van der Waals surface area (Å²) in [6, 6.07) is 4.46. The summed E-state index contributed by atoms with van der Waals surface area (Å²) in [5, 5.41) is 20.2. The van der Waals surface area contributed by atoms with Crippen LogP contribution in [0.3, 0.4) is 0 Å². The summed E-state index contributed by atoms with van der Waals surface area (Å²) in [6.45, 7) is 4.14. The molecular weight excluding hydrogens is 572 g/mol. The Morgan fingerprint density at radius 1 is 0.884 bits per heavy atom. The molecule has 4 amide bonds. The molecule has 1 fully saturated rings. The van der Waals surface area contributed by atoms with Crippen molar-refractivity contribution in [3.8, 4) is 5.75 Å². The van der Waals surface area contributed by atoms with Crippen LogP contribution < -0.4 is 26.0 Å². The topological polar surface area (TPSA) is 163 Å². The second-order valence-corrected chi connectivity index (χ2v) is 11.9. The number of carbonyl (C=O) groups is 5. The molecule has 43 heavy (non-hydrogen) atoms. The summed E-state index contributed by atoms with van der Waals surface area (Å²) in [4.78, 5) is 63.8. The first-order valence-corrected chi connectivity index (χ1v) is 15.8. The molecule has 0 heterocycles. The van der Waals surface area contributed by atoms with Gasteiger partial charge in [-0.2, -0.15) is 12.6 Å². The van der Waals surface area contributed by atoms with Crippen molar-refractivity contribution < 1.29 is 33.8 Å². The largest absolute Gasteiger partial charge is 0.497 e. The lowest BCUT2D eigenvalue weighted by atomic mass is 9.98. The van der Waals surface area contributed by atoms with Crippen LogP contribution in [0.5, 0.6) is 5.75 Å². The van der Waals surface area contributed by atoms with Gasteiger partial charge in [-0.1, -0.05) is 51.7 Å². The molecule has 0 spiro atoms. The molecule has 5 N–H and O–H groups in total. The zero-order chi connectivity index (χ0) is 31.8. The van der Waals surface area contributed by atoms with Gasteiger partial charge in [0.2, 0.25) is 23.6 Å². The summed E-state index contributed by atoms with van der Waals surface area (Å²) in [5.41, 5.74) is 1.01. The first-order valence-electron chi connectivity index (χ1n) is 15.2. The van der Waals surface area contributed by atoms with Gasteiger partial charge >= 0.3 is 5.97 Å². The molecule has 0 saturated heterocycles. The number of thiol groups is 1. The fraction of sp³-hybridized carbons (Fsp3) is 0.645. The van der Waals surface area contributed by atoms with Crippen LogP contribution >= 0.6 is 12.6 Å². The summed E-state index contributed by atoms with van der Waals surface area (Å²) in [6.07, 6.45) is 5.88. The Bertz CT molecular complexity index is 1060. The Morgan fingerprint density at radius 3 is 2.05 bits per heavy atom. The van der Waals surface area contributed by atoms with Crippen LogP contribution in [0.25, 0.3) is 0 Å². The monoisotopic (exact) mass is 620 g/mol. The molecule has 0 radical (unpaired) electrons. The van der Waals surface area contributed by atoms with Crippen LogP contribution in [0, 0.1) is 11.8 Å². The first-order chi connectivity index (χ1) is 20.5. The van der Waals surface area contributed by atoms with E-state index in [1.165, 1.54) is 0 Å². The van der Waals surface area contributed by atoms with Crippen molar-refractivity contribution in [1.82, 2.24) is 21.3 Å². The average Bonchev–Trinajstić information content (AvgIpc) is 3.27. The highest BCUT2D eigenvalue weighted by Crippen LogP contribution is 2.23. The van der Waals surface area contributed by atoms with Crippen LogP contribution in [0.4, 0.5) is 0 Å². The maximum atomic E-state index is 13.3. The third-order valence-electron chi connectivity index (χ3n) is 7.53.